The summed E-state index contributed by atoms with van der Waals surface area (Å²) in [5.74, 6) is -1.18. The van der Waals surface area contributed by atoms with E-state index in [4.69, 9.17) is 5.11 Å². The molecule has 2 N–H and O–H groups in total. The van der Waals surface area contributed by atoms with Gasteiger partial charge in [0.05, 0.1) is 12.2 Å². The molecule has 0 saturated heterocycles. The first kappa shape index (κ1) is 13.2. The standard InChI is InChI=1S/C12H16N2O3/c1-9(7-12(16)17)6-11(15)14-8-10-4-2-3-5-13-10/h2-5,9H,6-8H2,1H3,(H,14,15)(H,16,17)/t9-/m1/s1. The Balaban J connectivity index is 2.28. The maximum atomic E-state index is 11.5. The summed E-state index contributed by atoms with van der Waals surface area (Å²) in [5.41, 5.74) is 0.784. The number of carboxylic acids is 1. The van der Waals surface area contributed by atoms with Gasteiger partial charge in [0.1, 0.15) is 0 Å². The molecule has 1 heterocycles. The molecule has 0 spiro atoms. The van der Waals surface area contributed by atoms with Crippen LogP contribution >= 0.6 is 0 Å². The second-order valence-electron chi connectivity index (χ2n) is 4.00. The van der Waals surface area contributed by atoms with E-state index in [1.807, 2.05) is 12.1 Å². The molecule has 0 aliphatic carbocycles. The molecule has 17 heavy (non-hydrogen) atoms. The molecule has 1 rings (SSSR count). The minimum Gasteiger partial charge on any atom is -0.481 e. The molecule has 1 aromatic rings. The minimum absolute atomic E-state index is 0.0109. The van der Waals surface area contributed by atoms with Gasteiger partial charge in [0.2, 0.25) is 5.91 Å². The molecule has 5 nitrogen and oxygen atoms in total. The maximum Gasteiger partial charge on any atom is 0.303 e. The van der Waals surface area contributed by atoms with Gasteiger partial charge >= 0.3 is 5.97 Å². The summed E-state index contributed by atoms with van der Waals surface area (Å²) in [4.78, 5) is 26.0. The predicted molar refractivity (Wildman–Crippen MR) is 62.1 cm³/mol. The molecule has 0 aliphatic rings. The smallest absolute Gasteiger partial charge is 0.303 e. The van der Waals surface area contributed by atoms with Crippen LogP contribution in [0.5, 0.6) is 0 Å². The summed E-state index contributed by atoms with van der Waals surface area (Å²) in [7, 11) is 0. The van der Waals surface area contributed by atoms with Gasteiger partial charge in [0.15, 0.2) is 0 Å². The lowest BCUT2D eigenvalue weighted by Gasteiger charge is -2.08. The fraction of sp³-hybridized carbons (Fsp3) is 0.417. The van der Waals surface area contributed by atoms with Gasteiger partial charge in [-0.3, -0.25) is 14.6 Å². The zero-order valence-corrected chi connectivity index (χ0v) is 9.72. The highest BCUT2D eigenvalue weighted by Crippen LogP contribution is 2.07. The van der Waals surface area contributed by atoms with Gasteiger partial charge in [-0.1, -0.05) is 13.0 Å². The van der Waals surface area contributed by atoms with Crippen molar-refractivity contribution in [2.45, 2.75) is 26.3 Å². The first-order valence-corrected chi connectivity index (χ1v) is 5.46. The Labute approximate surface area is 99.9 Å². The zero-order valence-electron chi connectivity index (χ0n) is 9.72. The number of nitrogens with zero attached hydrogens (tertiary/aromatic N) is 1. The lowest BCUT2D eigenvalue weighted by atomic mass is 10.0. The number of nitrogens with one attached hydrogen (secondary N) is 1. The average Bonchev–Trinajstić information content (AvgIpc) is 2.26. The number of aromatic nitrogens is 1. The van der Waals surface area contributed by atoms with E-state index in [0.717, 1.165) is 5.69 Å². The molecule has 0 aliphatic heterocycles. The largest absolute Gasteiger partial charge is 0.481 e. The normalized spacial score (nSPS) is 11.8. The molecule has 1 amide bonds. The van der Waals surface area contributed by atoms with Crippen molar-refractivity contribution in [3.63, 3.8) is 0 Å². The van der Waals surface area contributed by atoms with Gasteiger partial charge in [-0.15, -0.1) is 0 Å². The second-order valence-corrected chi connectivity index (χ2v) is 4.00. The Morgan fingerprint density at radius 3 is 2.76 bits per heavy atom. The Kier molecular flexibility index (Phi) is 5.13. The van der Waals surface area contributed by atoms with E-state index >= 15 is 0 Å². The lowest BCUT2D eigenvalue weighted by molar-refractivity contribution is -0.138. The number of aliphatic carboxylic acids is 1. The topological polar surface area (TPSA) is 79.3 Å². The highest BCUT2D eigenvalue weighted by Gasteiger charge is 2.12. The fourth-order valence-corrected chi connectivity index (χ4v) is 1.45. The third-order valence-corrected chi connectivity index (χ3v) is 2.25. The number of hydrogen-bond acceptors (Lipinski definition) is 3. The highest BCUT2D eigenvalue weighted by molar-refractivity contribution is 5.77. The van der Waals surface area contributed by atoms with E-state index < -0.39 is 5.97 Å². The van der Waals surface area contributed by atoms with Crippen LogP contribution < -0.4 is 5.32 Å². The zero-order chi connectivity index (χ0) is 12.7. The lowest BCUT2D eigenvalue weighted by Crippen LogP contribution is -2.25. The highest BCUT2D eigenvalue weighted by atomic mass is 16.4. The number of pyridine rings is 1. The van der Waals surface area contributed by atoms with Crippen molar-refractivity contribution in [3.8, 4) is 0 Å². The summed E-state index contributed by atoms with van der Waals surface area (Å²) in [5, 5.41) is 11.3. The van der Waals surface area contributed by atoms with Crippen LogP contribution in [0.3, 0.4) is 0 Å². The average molecular weight is 236 g/mol. The molecular formula is C12H16N2O3. The molecule has 0 fully saturated rings. The molecule has 0 unspecified atom stereocenters. The van der Waals surface area contributed by atoms with Gasteiger partial charge in [-0.2, -0.15) is 0 Å². The van der Waals surface area contributed by atoms with Crippen LogP contribution in [-0.2, 0) is 16.1 Å². The van der Waals surface area contributed by atoms with Crippen LogP contribution in [0.25, 0.3) is 0 Å². The van der Waals surface area contributed by atoms with E-state index in [0.29, 0.717) is 6.54 Å². The Bertz CT molecular complexity index is 379. The molecule has 0 radical (unpaired) electrons. The molecule has 0 aromatic carbocycles. The maximum absolute atomic E-state index is 11.5. The quantitative estimate of drug-likeness (QED) is 0.777. The summed E-state index contributed by atoms with van der Waals surface area (Å²) in [6.07, 6.45) is 1.89. The SMILES string of the molecule is C[C@@H](CC(=O)O)CC(=O)NCc1ccccn1. The number of carbonyl (C=O) groups excluding carboxylic acids is 1. The second kappa shape index (κ2) is 6.62. The predicted octanol–water partition coefficient (Wildman–Crippen LogP) is 1.20. The van der Waals surface area contributed by atoms with E-state index in [1.165, 1.54) is 0 Å². The van der Waals surface area contributed by atoms with Gasteiger partial charge in [-0.05, 0) is 18.1 Å². The molecule has 0 bridgehead atoms. The summed E-state index contributed by atoms with van der Waals surface area (Å²) in [6, 6.07) is 5.47. The molecule has 92 valence electrons. The number of rotatable bonds is 6. The Hall–Kier alpha value is -1.91. The molecule has 1 aromatic heterocycles. The number of carboxylic acid groups (broad SMARTS) is 1. The number of carbonyl (C=O) groups is 2. The van der Waals surface area contributed by atoms with E-state index in [-0.39, 0.29) is 24.7 Å². The summed E-state index contributed by atoms with van der Waals surface area (Å²) in [6.45, 7) is 2.12. The van der Waals surface area contributed by atoms with E-state index in [1.54, 1.807) is 19.2 Å². The van der Waals surface area contributed by atoms with E-state index in [9.17, 15) is 9.59 Å². The van der Waals surface area contributed by atoms with Crippen molar-refractivity contribution in [1.29, 1.82) is 0 Å². The van der Waals surface area contributed by atoms with Crippen LogP contribution in [0.2, 0.25) is 0 Å². The molecule has 5 heteroatoms. The van der Waals surface area contributed by atoms with Crippen molar-refractivity contribution in [3.05, 3.63) is 30.1 Å². The van der Waals surface area contributed by atoms with Crippen molar-refractivity contribution in [1.82, 2.24) is 10.3 Å². The van der Waals surface area contributed by atoms with Crippen LogP contribution in [0.4, 0.5) is 0 Å². The van der Waals surface area contributed by atoms with Crippen LogP contribution in [0.1, 0.15) is 25.5 Å². The van der Waals surface area contributed by atoms with Crippen LogP contribution in [-0.4, -0.2) is 22.0 Å². The monoisotopic (exact) mass is 236 g/mol. The molecule has 1 atom stereocenters. The summed E-state index contributed by atoms with van der Waals surface area (Å²) < 4.78 is 0. The van der Waals surface area contributed by atoms with Crippen molar-refractivity contribution in [2.75, 3.05) is 0 Å². The third kappa shape index (κ3) is 5.65. The fourth-order valence-electron chi connectivity index (χ4n) is 1.45. The molecule has 0 saturated carbocycles. The van der Waals surface area contributed by atoms with Crippen molar-refractivity contribution < 1.29 is 14.7 Å². The van der Waals surface area contributed by atoms with Crippen molar-refractivity contribution >= 4 is 11.9 Å². The first-order valence-electron chi connectivity index (χ1n) is 5.46. The van der Waals surface area contributed by atoms with Gasteiger partial charge in [0.25, 0.3) is 0 Å². The van der Waals surface area contributed by atoms with Gasteiger partial charge in [-0.25, -0.2) is 0 Å². The first-order chi connectivity index (χ1) is 8.08. The van der Waals surface area contributed by atoms with E-state index in [2.05, 4.69) is 10.3 Å². The Morgan fingerprint density at radius 2 is 2.18 bits per heavy atom. The van der Waals surface area contributed by atoms with Crippen molar-refractivity contribution in [2.24, 2.45) is 5.92 Å². The Morgan fingerprint density at radius 1 is 1.41 bits per heavy atom. The number of amides is 1. The van der Waals surface area contributed by atoms with Crippen LogP contribution in [0.15, 0.2) is 24.4 Å². The molecular weight excluding hydrogens is 220 g/mol. The minimum atomic E-state index is -0.880. The van der Waals surface area contributed by atoms with Gasteiger partial charge in [0, 0.05) is 19.0 Å². The summed E-state index contributed by atoms with van der Waals surface area (Å²) >= 11 is 0. The third-order valence-electron chi connectivity index (χ3n) is 2.25. The van der Waals surface area contributed by atoms with Gasteiger partial charge < -0.3 is 10.4 Å². The van der Waals surface area contributed by atoms with Crippen LogP contribution in [0, 0.1) is 5.92 Å². The number of hydrogen-bond donors (Lipinski definition) is 2.